The Bertz CT molecular complexity index is 313. The summed E-state index contributed by atoms with van der Waals surface area (Å²) < 4.78 is 10.5. The van der Waals surface area contributed by atoms with Crippen molar-refractivity contribution in [1.29, 1.82) is 0 Å². The molecular formula is C12H15NO2. The van der Waals surface area contributed by atoms with Crippen molar-refractivity contribution in [1.82, 2.24) is 5.32 Å². The molecule has 0 atom stereocenters. The maximum Gasteiger partial charge on any atom is 0.119 e. The van der Waals surface area contributed by atoms with Crippen LogP contribution in [0.1, 0.15) is 0 Å². The normalized spacial score (nSPS) is 9.33. The van der Waals surface area contributed by atoms with Crippen LogP contribution in [0.2, 0.25) is 0 Å². The summed E-state index contributed by atoms with van der Waals surface area (Å²) in [4.78, 5) is 0. The van der Waals surface area contributed by atoms with Crippen LogP contribution >= 0.6 is 0 Å². The van der Waals surface area contributed by atoms with E-state index in [0.717, 1.165) is 18.0 Å². The van der Waals surface area contributed by atoms with Crippen LogP contribution in [-0.2, 0) is 0 Å². The Kier molecular flexibility index (Phi) is 5.13. The third-order valence-electron chi connectivity index (χ3n) is 1.83. The van der Waals surface area contributed by atoms with Crippen molar-refractivity contribution in [3.8, 4) is 23.8 Å². The first-order valence-electron chi connectivity index (χ1n) is 4.78. The minimum Gasteiger partial charge on any atom is -0.497 e. The monoisotopic (exact) mass is 205 g/mol. The maximum atomic E-state index is 5.47. The molecular weight excluding hydrogens is 190 g/mol. The lowest BCUT2D eigenvalue weighted by Crippen LogP contribution is -2.21. The van der Waals surface area contributed by atoms with E-state index in [1.807, 2.05) is 24.3 Å². The number of hydrogen-bond donors (Lipinski definition) is 1. The molecule has 0 heterocycles. The van der Waals surface area contributed by atoms with Crippen LogP contribution in [0.3, 0.4) is 0 Å². The van der Waals surface area contributed by atoms with Gasteiger partial charge in [0.15, 0.2) is 0 Å². The van der Waals surface area contributed by atoms with E-state index in [2.05, 4.69) is 11.2 Å². The van der Waals surface area contributed by atoms with Crippen LogP contribution in [-0.4, -0.2) is 26.8 Å². The second-order valence-electron chi connectivity index (χ2n) is 2.90. The average molecular weight is 205 g/mol. The van der Waals surface area contributed by atoms with E-state index in [9.17, 15) is 0 Å². The van der Waals surface area contributed by atoms with E-state index in [0.29, 0.717) is 13.2 Å². The number of nitrogens with one attached hydrogen (secondary N) is 1. The van der Waals surface area contributed by atoms with Crippen molar-refractivity contribution in [3.63, 3.8) is 0 Å². The van der Waals surface area contributed by atoms with Gasteiger partial charge < -0.3 is 14.8 Å². The van der Waals surface area contributed by atoms with Gasteiger partial charge in [0.25, 0.3) is 0 Å². The molecule has 0 amide bonds. The summed E-state index contributed by atoms with van der Waals surface area (Å²) in [5.74, 6) is 4.16. The Balaban J connectivity index is 2.23. The Labute approximate surface area is 90.4 Å². The molecule has 0 radical (unpaired) electrons. The predicted octanol–water partition coefficient (Wildman–Crippen LogP) is 1.30. The number of terminal acetylenes is 1. The first-order chi connectivity index (χ1) is 7.36. The molecule has 0 fully saturated rings. The second-order valence-corrected chi connectivity index (χ2v) is 2.90. The molecule has 15 heavy (non-hydrogen) atoms. The van der Waals surface area contributed by atoms with Gasteiger partial charge in [-0.2, -0.15) is 0 Å². The number of hydrogen-bond acceptors (Lipinski definition) is 3. The third kappa shape index (κ3) is 4.39. The van der Waals surface area contributed by atoms with Crippen LogP contribution < -0.4 is 14.8 Å². The van der Waals surface area contributed by atoms with Gasteiger partial charge in [0.1, 0.15) is 18.1 Å². The highest BCUT2D eigenvalue weighted by Crippen LogP contribution is 2.16. The zero-order chi connectivity index (χ0) is 10.9. The van der Waals surface area contributed by atoms with Crippen LogP contribution in [0.25, 0.3) is 0 Å². The van der Waals surface area contributed by atoms with Crippen molar-refractivity contribution in [2.75, 3.05) is 26.8 Å². The minimum atomic E-state index is 0.575. The molecule has 3 nitrogen and oxygen atoms in total. The average Bonchev–Trinajstić information content (AvgIpc) is 2.30. The van der Waals surface area contributed by atoms with Crippen molar-refractivity contribution in [3.05, 3.63) is 24.3 Å². The lowest BCUT2D eigenvalue weighted by atomic mass is 10.3. The van der Waals surface area contributed by atoms with Gasteiger partial charge in [0.05, 0.1) is 13.7 Å². The first-order valence-corrected chi connectivity index (χ1v) is 4.78. The molecule has 0 saturated heterocycles. The molecule has 0 saturated carbocycles. The lowest BCUT2D eigenvalue weighted by Gasteiger charge is -2.06. The summed E-state index contributed by atoms with van der Waals surface area (Å²) >= 11 is 0. The van der Waals surface area contributed by atoms with Crippen LogP contribution in [0.4, 0.5) is 0 Å². The Morgan fingerprint density at radius 2 is 1.93 bits per heavy atom. The fourth-order valence-electron chi connectivity index (χ4n) is 1.07. The molecule has 3 heteroatoms. The number of rotatable bonds is 6. The Morgan fingerprint density at radius 1 is 1.27 bits per heavy atom. The number of methoxy groups -OCH3 is 1. The van der Waals surface area contributed by atoms with Gasteiger partial charge in [0, 0.05) is 6.54 Å². The molecule has 1 aromatic rings. The molecule has 0 bridgehead atoms. The highest BCUT2D eigenvalue weighted by Gasteiger charge is 1.94. The topological polar surface area (TPSA) is 30.5 Å². The van der Waals surface area contributed by atoms with Crippen molar-refractivity contribution in [2.24, 2.45) is 0 Å². The zero-order valence-electron chi connectivity index (χ0n) is 8.82. The van der Waals surface area contributed by atoms with Crippen LogP contribution in [0.5, 0.6) is 11.5 Å². The molecule has 0 aromatic heterocycles. The molecule has 1 aromatic carbocycles. The fourth-order valence-corrected chi connectivity index (χ4v) is 1.07. The summed E-state index contributed by atoms with van der Waals surface area (Å²) in [6.45, 7) is 1.93. The minimum absolute atomic E-state index is 0.575. The third-order valence-corrected chi connectivity index (χ3v) is 1.83. The molecule has 0 aliphatic heterocycles. The van der Waals surface area contributed by atoms with Gasteiger partial charge in [-0.25, -0.2) is 0 Å². The lowest BCUT2D eigenvalue weighted by molar-refractivity contribution is 0.316. The highest BCUT2D eigenvalue weighted by atomic mass is 16.5. The summed E-state index contributed by atoms with van der Waals surface area (Å²) in [5, 5.41) is 3.04. The highest BCUT2D eigenvalue weighted by molar-refractivity contribution is 5.31. The molecule has 0 spiro atoms. The summed E-state index contributed by atoms with van der Waals surface area (Å²) in [6, 6.07) is 7.48. The Morgan fingerprint density at radius 3 is 2.53 bits per heavy atom. The fraction of sp³-hybridized carbons (Fsp3) is 0.333. The predicted molar refractivity (Wildman–Crippen MR) is 60.2 cm³/mol. The van der Waals surface area contributed by atoms with E-state index in [4.69, 9.17) is 15.9 Å². The molecule has 80 valence electrons. The van der Waals surface area contributed by atoms with Crippen LogP contribution in [0.15, 0.2) is 24.3 Å². The number of benzene rings is 1. The van der Waals surface area contributed by atoms with E-state index < -0.39 is 0 Å². The van der Waals surface area contributed by atoms with E-state index in [-0.39, 0.29) is 0 Å². The Hall–Kier alpha value is -1.66. The summed E-state index contributed by atoms with van der Waals surface area (Å²) in [6.07, 6.45) is 5.09. The molecule has 0 aliphatic carbocycles. The smallest absolute Gasteiger partial charge is 0.119 e. The van der Waals surface area contributed by atoms with Gasteiger partial charge in [0.2, 0.25) is 0 Å². The van der Waals surface area contributed by atoms with E-state index in [1.165, 1.54) is 0 Å². The van der Waals surface area contributed by atoms with E-state index >= 15 is 0 Å². The van der Waals surface area contributed by atoms with Gasteiger partial charge in [-0.1, -0.05) is 5.92 Å². The SMILES string of the molecule is C#CCNCCOc1ccc(OC)cc1. The first kappa shape index (κ1) is 11.4. The van der Waals surface area contributed by atoms with Crippen molar-refractivity contribution in [2.45, 2.75) is 0 Å². The van der Waals surface area contributed by atoms with Gasteiger partial charge in [-0.05, 0) is 24.3 Å². The molecule has 0 aliphatic rings. The number of ether oxygens (including phenoxy) is 2. The van der Waals surface area contributed by atoms with E-state index in [1.54, 1.807) is 7.11 Å². The van der Waals surface area contributed by atoms with Crippen LogP contribution in [0, 0.1) is 12.3 Å². The zero-order valence-corrected chi connectivity index (χ0v) is 8.82. The van der Waals surface area contributed by atoms with Crippen molar-refractivity contribution < 1.29 is 9.47 Å². The largest absolute Gasteiger partial charge is 0.497 e. The molecule has 1 N–H and O–H groups in total. The van der Waals surface area contributed by atoms with Gasteiger partial charge in [-0.15, -0.1) is 6.42 Å². The quantitative estimate of drug-likeness (QED) is 0.561. The van der Waals surface area contributed by atoms with Crippen molar-refractivity contribution >= 4 is 0 Å². The van der Waals surface area contributed by atoms with Gasteiger partial charge >= 0.3 is 0 Å². The standard InChI is InChI=1S/C12H15NO2/c1-3-8-13-9-10-15-12-6-4-11(14-2)5-7-12/h1,4-7,13H,8-10H2,2H3. The maximum absolute atomic E-state index is 5.47. The summed E-state index contributed by atoms with van der Waals surface area (Å²) in [5.41, 5.74) is 0. The second kappa shape index (κ2) is 6.74. The summed E-state index contributed by atoms with van der Waals surface area (Å²) in [7, 11) is 1.64. The van der Waals surface area contributed by atoms with Gasteiger partial charge in [-0.3, -0.25) is 0 Å². The molecule has 1 rings (SSSR count). The molecule has 0 unspecified atom stereocenters.